The van der Waals surface area contributed by atoms with E-state index in [-0.39, 0.29) is 23.7 Å². The fraction of sp³-hybridized carbons (Fsp3) is 0.0833. The summed E-state index contributed by atoms with van der Waals surface area (Å²) < 4.78 is 9.72. The summed E-state index contributed by atoms with van der Waals surface area (Å²) in [5.41, 5.74) is 2.56. The molecule has 0 spiro atoms. The lowest BCUT2D eigenvalue weighted by Gasteiger charge is -2.11. The van der Waals surface area contributed by atoms with Crippen LogP contribution in [0.5, 0.6) is 0 Å². The summed E-state index contributed by atoms with van der Waals surface area (Å²) in [6, 6.07) is 17.3. The van der Waals surface area contributed by atoms with Gasteiger partial charge in [-0.1, -0.05) is 24.3 Å². The third kappa shape index (κ3) is 4.65. The van der Waals surface area contributed by atoms with E-state index in [0.717, 1.165) is 10.9 Å². The van der Waals surface area contributed by atoms with E-state index in [4.69, 9.17) is 9.15 Å². The van der Waals surface area contributed by atoms with E-state index in [9.17, 15) is 14.4 Å². The number of hydrogen-bond acceptors (Lipinski definition) is 6. The second kappa shape index (κ2) is 9.13. The number of nitrogens with one attached hydrogen (secondary N) is 2. The van der Waals surface area contributed by atoms with Crippen molar-refractivity contribution in [1.29, 1.82) is 0 Å². The van der Waals surface area contributed by atoms with Crippen LogP contribution in [-0.4, -0.2) is 29.9 Å². The zero-order valence-corrected chi connectivity index (χ0v) is 17.1. The molecule has 4 rings (SSSR count). The third-order valence-corrected chi connectivity index (χ3v) is 4.74. The van der Waals surface area contributed by atoms with E-state index < -0.39 is 11.9 Å². The normalized spacial score (nSPS) is 10.5. The number of nitrogens with zero attached hydrogens (tertiary/aromatic N) is 1. The van der Waals surface area contributed by atoms with Gasteiger partial charge < -0.3 is 19.8 Å². The van der Waals surface area contributed by atoms with Crippen LogP contribution in [0.4, 0.5) is 5.69 Å². The van der Waals surface area contributed by atoms with Gasteiger partial charge in [-0.05, 0) is 42.0 Å². The van der Waals surface area contributed by atoms with Crippen molar-refractivity contribution in [1.82, 2.24) is 10.3 Å². The van der Waals surface area contributed by atoms with Crippen molar-refractivity contribution in [3.63, 3.8) is 0 Å². The van der Waals surface area contributed by atoms with Crippen LogP contribution in [0.2, 0.25) is 0 Å². The molecule has 0 unspecified atom stereocenters. The lowest BCUT2D eigenvalue weighted by Crippen LogP contribution is -2.24. The number of methoxy groups -OCH3 is 1. The maximum atomic E-state index is 12.6. The topological polar surface area (TPSA) is 111 Å². The SMILES string of the molecule is COC(=O)c1cc(CNC(=O)c2ccc3ccccc3n2)cc(NC(=O)c2ccoc2)c1. The molecule has 0 atom stereocenters. The van der Waals surface area contributed by atoms with E-state index in [0.29, 0.717) is 16.8 Å². The quantitative estimate of drug-likeness (QED) is 0.451. The number of aromatic nitrogens is 1. The molecule has 160 valence electrons. The van der Waals surface area contributed by atoms with Gasteiger partial charge in [-0.25, -0.2) is 9.78 Å². The first-order valence-electron chi connectivity index (χ1n) is 9.73. The molecule has 0 aliphatic heterocycles. The summed E-state index contributed by atoms with van der Waals surface area (Å²) in [5, 5.41) is 6.44. The molecule has 0 aliphatic carbocycles. The summed E-state index contributed by atoms with van der Waals surface area (Å²) in [5.74, 6) is -1.31. The number of fused-ring (bicyclic) bond motifs is 1. The smallest absolute Gasteiger partial charge is 0.337 e. The predicted molar refractivity (Wildman–Crippen MR) is 117 cm³/mol. The van der Waals surface area contributed by atoms with Crippen LogP contribution in [-0.2, 0) is 11.3 Å². The van der Waals surface area contributed by atoms with Gasteiger partial charge in [0.25, 0.3) is 11.8 Å². The minimum Gasteiger partial charge on any atom is -0.472 e. The Morgan fingerprint density at radius 1 is 0.969 bits per heavy atom. The molecule has 2 aromatic carbocycles. The minimum atomic E-state index is -0.562. The minimum absolute atomic E-state index is 0.118. The van der Waals surface area contributed by atoms with Crippen LogP contribution in [0.3, 0.4) is 0 Å². The molecule has 2 heterocycles. The summed E-state index contributed by atoms with van der Waals surface area (Å²) in [7, 11) is 1.27. The van der Waals surface area contributed by atoms with Gasteiger partial charge in [0.1, 0.15) is 12.0 Å². The number of pyridine rings is 1. The number of ether oxygens (including phenoxy) is 1. The number of hydrogen-bond donors (Lipinski definition) is 2. The Bertz CT molecular complexity index is 1300. The number of esters is 1. The second-order valence-electron chi connectivity index (χ2n) is 6.95. The molecular formula is C24H19N3O5. The van der Waals surface area contributed by atoms with Crippen LogP contribution in [0.25, 0.3) is 10.9 Å². The molecule has 0 bridgehead atoms. The number of benzene rings is 2. The van der Waals surface area contributed by atoms with Crippen LogP contribution in [0, 0.1) is 0 Å². The number of furan rings is 1. The molecule has 0 saturated carbocycles. The van der Waals surface area contributed by atoms with Gasteiger partial charge in [0, 0.05) is 17.6 Å². The van der Waals surface area contributed by atoms with Crippen molar-refractivity contribution in [3.05, 3.63) is 95.6 Å². The highest BCUT2D eigenvalue weighted by Gasteiger charge is 2.14. The molecule has 0 saturated heterocycles. The van der Waals surface area contributed by atoms with Gasteiger partial charge in [-0.2, -0.15) is 0 Å². The molecular weight excluding hydrogens is 410 g/mol. The maximum Gasteiger partial charge on any atom is 0.337 e. The highest BCUT2D eigenvalue weighted by atomic mass is 16.5. The second-order valence-corrected chi connectivity index (χ2v) is 6.95. The fourth-order valence-corrected chi connectivity index (χ4v) is 3.16. The van der Waals surface area contributed by atoms with Gasteiger partial charge >= 0.3 is 5.97 Å². The number of carbonyl (C=O) groups is 3. The van der Waals surface area contributed by atoms with Gasteiger partial charge in [-0.15, -0.1) is 0 Å². The molecule has 2 aromatic heterocycles. The lowest BCUT2D eigenvalue weighted by molar-refractivity contribution is 0.0600. The summed E-state index contributed by atoms with van der Waals surface area (Å²) >= 11 is 0. The Balaban J connectivity index is 1.52. The van der Waals surface area contributed by atoms with Crippen molar-refractivity contribution in [3.8, 4) is 0 Å². The lowest BCUT2D eigenvalue weighted by atomic mass is 10.1. The molecule has 0 fully saturated rings. The van der Waals surface area contributed by atoms with E-state index >= 15 is 0 Å². The Kier molecular flexibility index (Phi) is 5.94. The molecule has 4 aromatic rings. The number of para-hydroxylation sites is 1. The average molecular weight is 429 g/mol. The van der Waals surface area contributed by atoms with Gasteiger partial charge in [0.2, 0.25) is 0 Å². The Hall–Kier alpha value is -4.46. The van der Waals surface area contributed by atoms with Crippen molar-refractivity contribution in [2.24, 2.45) is 0 Å². The Morgan fingerprint density at radius 2 is 1.81 bits per heavy atom. The monoisotopic (exact) mass is 429 g/mol. The molecule has 8 heteroatoms. The van der Waals surface area contributed by atoms with Crippen molar-refractivity contribution in [2.75, 3.05) is 12.4 Å². The first kappa shape index (κ1) is 20.8. The van der Waals surface area contributed by atoms with E-state index in [1.54, 1.807) is 18.2 Å². The highest BCUT2D eigenvalue weighted by molar-refractivity contribution is 6.04. The molecule has 2 N–H and O–H groups in total. The Morgan fingerprint density at radius 3 is 2.59 bits per heavy atom. The zero-order valence-electron chi connectivity index (χ0n) is 17.1. The molecule has 2 amide bonds. The predicted octanol–water partition coefficient (Wildman–Crippen LogP) is 3.80. The van der Waals surface area contributed by atoms with E-state index in [1.807, 2.05) is 30.3 Å². The van der Waals surface area contributed by atoms with E-state index in [1.165, 1.54) is 31.8 Å². The fourth-order valence-electron chi connectivity index (χ4n) is 3.16. The summed E-state index contributed by atoms with van der Waals surface area (Å²) in [4.78, 5) is 41.4. The number of anilines is 1. The van der Waals surface area contributed by atoms with Crippen LogP contribution >= 0.6 is 0 Å². The largest absolute Gasteiger partial charge is 0.472 e. The third-order valence-electron chi connectivity index (χ3n) is 4.74. The Labute approximate surface area is 183 Å². The first-order valence-corrected chi connectivity index (χ1v) is 9.73. The summed E-state index contributed by atoms with van der Waals surface area (Å²) in [6.07, 6.45) is 2.71. The number of carbonyl (C=O) groups excluding carboxylic acids is 3. The van der Waals surface area contributed by atoms with Gasteiger partial charge in [0.05, 0.1) is 30.0 Å². The van der Waals surface area contributed by atoms with Crippen molar-refractivity contribution < 1.29 is 23.5 Å². The first-order chi connectivity index (χ1) is 15.5. The molecule has 32 heavy (non-hydrogen) atoms. The van der Waals surface area contributed by atoms with Gasteiger partial charge in [-0.3, -0.25) is 9.59 Å². The average Bonchev–Trinajstić information content (AvgIpc) is 3.37. The van der Waals surface area contributed by atoms with Crippen molar-refractivity contribution in [2.45, 2.75) is 6.54 Å². The van der Waals surface area contributed by atoms with Crippen LogP contribution < -0.4 is 10.6 Å². The van der Waals surface area contributed by atoms with Crippen molar-refractivity contribution >= 4 is 34.4 Å². The van der Waals surface area contributed by atoms with Crippen LogP contribution in [0.1, 0.15) is 36.8 Å². The number of amides is 2. The maximum absolute atomic E-state index is 12.6. The van der Waals surface area contributed by atoms with Gasteiger partial charge in [0.15, 0.2) is 0 Å². The summed E-state index contributed by atoms with van der Waals surface area (Å²) in [6.45, 7) is 0.118. The molecule has 0 aliphatic rings. The number of rotatable bonds is 6. The zero-order chi connectivity index (χ0) is 22.5. The van der Waals surface area contributed by atoms with Crippen LogP contribution in [0.15, 0.2) is 77.6 Å². The molecule has 0 radical (unpaired) electrons. The highest BCUT2D eigenvalue weighted by Crippen LogP contribution is 2.18. The molecule has 8 nitrogen and oxygen atoms in total. The standard InChI is InChI=1S/C24H19N3O5/c1-31-24(30)18-10-15(11-19(12-18)26-22(28)17-8-9-32-14-17)13-25-23(29)21-7-6-16-4-2-3-5-20(16)27-21/h2-12,14H,13H2,1H3,(H,25,29)(H,26,28). The van der Waals surface area contributed by atoms with E-state index in [2.05, 4.69) is 15.6 Å².